The molecule has 1 heterocycles. The van der Waals surface area contributed by atoms with Crippen LogP contribution in [-0.4, -0.2) is 28.8 Å². The number of aromatic nitrogens is 2. The van der Waals surface area contributed by atoms with Gasteiger partial charge >= 0.3 is 0 Å². The van der Waals surface area contributed by atoms with E-state index in [-0.39, 0.29) is 5.91 Å². The van der Waals surface area contributed by atoms with E-state index in [1.807, 2.05) is 0 Å². The number of nitrogens with two attached hydrogens (primary N) is 1. The van der Waals surface area contributed by atoms with Gasteiger partial charge in [0.2, 0.25) is 11.8 Å². The molecule has 0 spiro atoms. The summed E-state index contributed by atoms with van der Waals surface area (Å²) in [5.74, 6) is 0.430. The maximum Gasteiger partial charge on any atom is 0.237 e. The summed E-state index contributed by atoms with van der Waals surface area (Å²) in [5, 5.41) is 6.88. The zero-order valence-corrected chi connectivity index (χ0v) is 10.1. The molecule has 0 saturated carbocycles. The second kappa shape index (κ2) is 6.05. The molecule has 0 aliphatic rings. The molecule has 1 rings (SSSR count). The topological polar surface area (TPSA) is 82.2 Å². The number of amides is 1. The van der Waals surface area contributed by atoms with E-state index in [9.17, 15) is 4.79 Å². The van der Waals surface area contributed by atoms with Gasteiger partial charge < -0.3 is 15.8 Å². The van der Waals surface area contributed by atoms with E-state index < -0.39 is 6.04 Å². The van der Waals surface area contributed by atoms with E-state index in [0.29, 0.717) is 18.8 Å². The first-order valence-corrected chi connectivity index (χ1v) is 5.29. The van der Waals surface area contributed by atoms with E-state index in [1.54, 1.807) is 31.0 Å². The van der Waals surface area contributed by atoms with Gasteiger partial charge in [0.05, 0.1) is 25.4 Å². The number of carbonyl (C=O) groups excluding carboxylic acids is 1. The lowest BCUT2D eigenvalue weighted by Gasteiger charge is -2.08. The predicted octanol–water partition coefficient (Wildman–Crippen LogP) is -0.0517. The molecule has 0 bridgehead atoms. The fourth-order valence-electron chi connectivity index (χ4n) is 1.38. The number of aryl methyl sites for hydroxylation is 1. The van der Waals surface area contributed by atoms with Crippen molar-refractivity contribution in [3.63, 3.8) is 0 Å². The zero-order valence-electron chi connectivity index (χ0n) is 10.1. The Morgan fingerprint density at radius 3 is 3.06 bits per heavy atom. The smallest absolute Gasteiger partial charge is 0.237 e. The molecular weight excluding hydrogens is 220 g/mol. The standard InChI is InChI=1S/C11H18N4O2/c1-4-5-9(12)11(16)13-7-8-6-10(17-3)15(2)14-8/h4,6,9H,1,5,7,12H2,2-3H3,(H,13,16). The monoisotopic (exact) mass is 238 g/mol. The summed E-state index contributed by atoms with van der Waals surface area (Å²) in [4.78, 5) is 11.5. The molecule has 3 N–H and O–H groups in total. The number of nitrogens with zero attached hydrogens (tertiary/aromatic N) is 2. The summed E-state index contributed by atoms with van der Waals surface area (Å²) >= 11 is 0. The summed E-state index contributed by atoms with van der Waals surface area (Å²) in [6, 6.07) is 1.21. The van der Waals surface area contributed by atoms with E-state index in [2.05, 4.69) is 17.0 Å². The van der Waals surface area contributed by atoms with Crippen molar-refractivity contribution in [1.29, 1.82) is 0 Å². The molecule has 0 aliphatic heterocycles. The largest absolute Gasteiger partial charge is 0.481 e. The van der Waals surface area contributed by atoms with Crippen molar-refractivity contribution in [3.05, 3.63) is 24.4 Å². The van der Waals surface area contributed by atoms with E-state index in [1.165, 1.54) is 0 Å². The van der Waals surface area contributed by atoms with Crippen LogP contribution in [-0.2, 0) is 18.4 Å². The first-order chi connectivity index (χ1) is 8.08. The Morgan fingerprint density at radius 1 is 1.82 bits per heavy atom. The molecule has 1 unspecified atom stereocenters. The van der Waals surface area contributed by atoms with Gasteiger partial charge in [0.1, 0.15) is 0 Å². The Labute approximate surface area is 100 Å². The van der Waals surface area contributed by atoms with E-state index in [4.69, 9.17) is 10.5 Å². The third-order valence-electron chi connectivity index (χ3n) is 2.30. The summed E-state index contributed by atoms with van der Waals surface area (Å²) in [6.07, 6.45) is 2.07. The van der Waals surface area contributed by atoms with Gasteiger partial charge in [0.25, 0.3) is 0 Å². The Hall–Kier alpha value is -1.82. The highest BCUT2D eigenvalue weighted by atomic mass is 16.5. The van der Waals surface area contributed by atoms with Gasteiger partial charge in [0, 0.05) is 13.1 Å². The van der Waals surface area contributed by atoms with Crippen LogP contribution >= 0.6 is 0 Å². The third kappa shape index (κ3) is 3.60. The van der Waals surface area contributed by atoms with Gasteiger partial charge in [-0.25, -0.2) is 4.68 Å². The average Bonchev–Trinajstić information content (AvgIpc) is 2.67. The van der Waals surface area contributed by atoms with Gasteiger partial charge in [-0.05, 0) is 6.42 Å². The third-order valence-corrected chi connectivity index (χ3v) is 2.30. The Morgan fingerprint density at radius 2 is 2.53 bits per heavy atom. The second-order valence-electron chi connectivity index (χ2n) is 3.65. The number of ether oxygens (including phenoxy) is 1. The molecule has 17 heavy (non-hydrogen) atoms. The van der Waals surface area contributed by atoms with Crippen molar-refractivity contribution >= 4 is 5.91 Å². The van der Waals surface area contributed by atoms with Gasteiger partial charge in [-0.15, -0.1) is 6.58 Å². The highest BCUT2D eigenvalue weighted by molar-refractivity contribution is 5.81. The Balaban J connectivity index is 2.49. The van der Waals surface area contributed by atoms with Crippen molar-refractivity contribution in [1.82, 2.24) is 15.1 Å². The second-order valence-corrected chi connectivity index (χ2v) is 3.65. The van der Waals surface area contributed by atoms with Crippen LogP contribution in [0, 0.1) is 0 Å². The SMILES string of the molecule is C=CCC(N)C(=O)NCc1cc(OC)n(C)n1. The first-order valence-electron chi connectivity index (χ1n) is 5.29. The molecule has 0 aliphatic carbocycles. The zero-order chi connectivity index (χ0) is 12.8. The summed E-state index contributed by atoms with van der Waals surface area (Å²) in [5.41, 5.74) is 6.35. The molecule has 1 amide bonds. The Bertz CT molecular complexity index is 400. The van der Waals surface area contributed by atoms with Crippen molar-refractivity contribution in [2.24, 2.45) is 12.8 Å². The fourth-order valence-corrected chi connectivity index (χ4v) is 1.38. The molecule has 0 saturated heterocycles. The van der Waals surface area contributed by atoms with Crippen molar-refractivity contribution in [3.8, 4) is 5.88 Å². The van der Waals surface area contributed by atoms with Gasteiger partial charge in [-0.1, -0.05) is 6.08 Å². The van der Waals surface area contributed by atoms with E-state index >= 15 is 0 Å². The van der Waals surface area contributed by atoms with Crippen LogP contribution in [0.15, 0.2) is 18.7 Å². The van der Waals surface area contributed by atoms with Crippen LogP contribution in [0.1, 0.15) is 12.1 Å². The van der Waals surface area contributed by atoms with E-state index in [0.717, 1.165) is 5.69 Å². The molecule has 0 radical (unpaired) electrons. The van der Waals surface area contributed by atoms with Crippen LogP contribution in [0.3, 0.4) is 0 Å². The van der Waals surface area contributed by atoms with Gasteiger partial charge in [-0.2, -0.15) is 5.10 Å². The summed E-state index contributed by atoms with van der Waals surface area (Å²) in [6.45, 7) is 3.87. The number of hydrogen-bond donors (Lipinski definition) is 2. The average molecular weight is 238 g/mol. The van der Waals surface area contributed by atoms with Gasteiger partial charge in [-0.3, -0.25) is 4.79 Å². The highest BCUT2D eigenvalue weighted by Crippen LogP contribution is 2.10. The lowest BCUT2D eigenvalue weighted by molar-refractivity contribution is -0.122. The number of carbonyl (C=O) groups is 1. The van der Waals surface area contributed by atoms with Crippen LogP contribution in [0.5, 0.6) is 5.88 Å². The van der Waals surface area contributed by atoms with Crippen molar-refractivity contribution in [2.45, 2.75) is 19.0 Å². The maximum absolute atomic E-state index is 11.5. The lowest BCUT2D eigenvalue weighted by atomic mass is 10.2. The number of rotatable bonds is 6. The molecule has 94 valence electrons. The normalized spacial score (nSPS) is 11.9. The number of methoxy groups -OCH3 is 1. The summed E-state index contributed by atoms with van der Waals surface area (Å²) < 4.78 is 6.67. The highest BCUT2D eigenvalue weighted by Gasteiger charge is 2.12. The minimum atomic E-state index is -0.557. The maximum atomic E-state index is 11.5. The number of nitrogens with one attached hydrogen (secondary N) is 1. The van der Waals surface area contributed by atoms with Gasteiger partial charge in [0.15, 0.2) is 0 Å². The first kappa shape index (κ1) is 13.2. The van der Waals surface area contributed by atoms with Crippen LogP contribution in [0.25, 0.3) is 0 Å². The number of hydrogen-bond acceptors (Lipinski definition) is 4. The molecule has 6 nitrogen and oxygen atoms in total. The van der Waals surface area contributed by atoms with Crippen molar-refractivity contribution in [2.75, 3.05) is 7.11 Å². The molecule has 1 aromatic heterocycles. The predicted molar refractivity (Wildman–Crippen MR) is 64.4 cm³/mol. The lowest BCUT2D eigenvalue weighted by Crippen LogP contribution is -2.39. The van der Waals surface area contributed by atoms with Crippen molar-refractivity contribution < 1.29 is 9.53 Å². The minimum Gasteiger partial charge on any atom is -0.481 e. The fraction of sp³-hybridized carbons (Fsp3) is 0.455. The van der Waals surface area contributed by atoms with Crippen LogP contribution < -0.4 is 15.8 Å². The Kier molecular flexibility index (Phi) is 4.71. The molecule has 1 aromatic rings. The molecule has 6 heteroatoms. The van der Waals surface area contributed by atoms with Crippen LogP contribution in [0.4, 0.5) is 0 Å². The molecule has 0 fully saturated rings. The molecular formula is C11H18N4O2. The molecule has 0 aromatic carbocycles. The van der Waals surface area contributed by atoms with Crippen LogP contribution in [0.2, 0.25) is 0 Å². The molecule has 1 atom stereocenters. The summed E-state index contributed by atoms with van der Waals surface area (Å²) in [7, 11) is 3.34. The quantitative estimate of drug-likeness (QED) is 0.681. The minimum absolute atomic E-state index is 0.213.